The number of rotatable bonds is 2. The number of nitrogen functional groups attached to an aromatic ring is 2. The molecule has 0 amide bonds. The van der Waals surface area contributed by atoms with Crippen molar-refractivity contribution in [3.63, 3.8) is 0 Å². The molecule has 1 aromatic heterocycles. The molecule has 0 saturated carbocycles. The highest BCUT2D eigenvalue weighted by atomic mass is 32.2. The molecule has 5 heteroatoms. The summed E-state index contributed by atoms with van der Waals surface area (Å²) in [7, 11) is 0. The van der Waals surface area contributed by atoms with Crippen molar-refractivity contribution in [3.8, 4) is 0 Å². The van der Waals surface area contributed by atoms with Crippen LogP contribution in [0.25, 0.3) is 0 Å². The standard InChI is InChI=1S/C11H10FN3S/c12-7-2-1-3-8(6-7)16-10-5-4-9(13)11(14)15-10/h1-6H,13H2,(H2,14,15). The summed E-state index contributed by atoms with van der Waals surface area (Å²) in [5.74, 6) is 0.0230. The Balaban J connectivity index is 2.24. The third-order valence-electron chi connectivity index (χ3n) is 1.95. The first-order chi connectivity index (χ1) is 7.65. The second kappa shape index (κ2) is 4.40. The van der Waals surface area contributed by atoms with Gasteiger partial charge in [-0.3, -0.25) is 0 Å². The number of halogens is 1. The molecule has 0 saturated heterocycles. The normalized spacial score (nSPS) is 10.3. The Morgan fingerprint density at radius 1 is 1.12 bits per heavy atom. The summed E-state index contributed by atoms with van der Waals surface area (Å²) < 4.78 is 12.9. The van der Waals surface area contributed by atoms with Crippen molar-refractivity contribution in [2.24, 2.45) is 0 Å². The number of aromatic nitrogens is 1. The van der Waals surface area contributed by atoms with Crippen molar-refractivity contribution in [1.82, 2.24) is 4.98 Å². The molecule has 0 bridgehead atoms. The van der Waals surface area contributed by atoms with Crippen LogP contribution in [0.2, 0.25) is 0 Å². The van der Waals surface area contributed by atoms with Crippen molar-refractivity contribution >= 4 is 23.3 Å². The van der Waals surface area contributed by atoms with Gasteiger partial charge in [0.2, 0.25) is 0 Å². The molecule has 1 heterocycles. The summed E-state index contributed by atoms with van der Waals surface area (Å²) in [4.78, 5) is 4.87. The minimum atomic E-state index is -0.270. The van der Waals surface area contributed by atoms with Crippen LogP contribution < -0.4 is 11.5 Å². The van der Waals surface area contributed by atoms with Crippen LogP contribution in [0.1, 0.15) is 0 Å². The maximum absolute atomic E-state index is 12.9. The summed E-state index contributed by atoms with van der Waals surface area (Å²) >= 11 is 1.34. The van der Waals surface area contributed by atoms with Crippen molar-refractivity contribution in [2.75, 3.05) is 11.5 Å². The Hall–Kier alpha value is -1.75. The monoisotopic (exact) mass is 235 g/mol. The molecule has 0 fully saturated rings. The maximum atomic E-state index is 12.9. The zero-order valence-corrected chi connectivity index (χ0v) is 9.17. The van der Waals surface area contributed by atoms with Gasteiger partial charge in [-0.15, -0.1) is 0 Å². The van der Waals surface area contributed by atoms with E-state index in [0.29, 0.717) is 16.5 Å². The van der Waals surface area contributed by atoms with Crippen LogP contribution in [0.5, 0.6) is 0 Å². The zero-order valence-electron chi connectivity index (χ0n) is 8.35. The number of nitrogens with two attached hydrogens (primary N) is 2. The molecular weight excluding hydrogens is 225 g/mol. The van der Waals surface area contributed by atoms with Crippen molar-refractivity contribution in [3.05, 3.63) is 42.2 Å². The summed E-state index contributed by atoms with van der Waals surface area (Å²) in [6.07, 6.45) is 0. The van der Waals surface area contributed by atoms with Gasteiger partial charge in [0, 0.05) is 4.90 Å². The predicted octanol–water partition coefficient (Wildman–Crippen LogP) is 2.54. The van der Waals surface area contributed by atoms with E-state index in [1.165, 1.54) is 23.9 Å². The topological polar surface area (TPSA) is 64.9 Å². The van der Waals surface area contributed by atoms with Gasteiger partial charge in [0.05, 0.1) is 5.69 Å². The van der Waals surface area contributed by atoms with Gasteiger partial charge in [0.15, 0.2) is 0 Å². The molecule has 82 valence electrons. The van der Waals surface area contributed by atoms with Gasteiger partial charge in [-0.25, -0.2) is 9.37 Å². The highest BCUT2D eigenvalue weighted by molar-refractivity contribution is 7.99. The second-order valence-electron chi connectivity index (χ2n) is 3.18. The summed E-state index contributed by atoms with van der Waals surface area (Å²) in [5, 5.41) is 0.692. The van der Waals surface area contributed by atoms with E-state index in [1.807, 2.05) is 6.07 Å². The van der Waals surface area contributed by atoms with Gasteiger partial charge in [0.1, 0.15) is 16.7 Å². The lowest BCUT2D eigenvalue weighted by Crippen LogP contribution is -1.97. The van der Waals surface area contributed by atoms with E-state index in [1.54, 1.807) is 18.2 Å². The molecule has 0 atom stereocenters. The van der Waals surface area contributed by atoms with Gasteiger partial charge >= 0.3 is 0 Å². The van der Waals surface area contributed by atoms with Crippen LogP contribution in [0, 0.1) is 5.82 Å². The first-order valence-electron chi connectivity index (χ1n) is 4.60. The van der Waals surface area contributed by atoms with Crippen molar-refractivity contribution < 1.29 is 4.39 Å². The first-order valence-corrected chi connectivity index (χ1v) is 5.42. The average molecular weight is 235 g/mol. The molecule has 4 N–H and O–H groups in total. The fourth-order valence-corrected chi connectivity index (χ4v) is 2.01. The molecule has 16 heavy (non-hydrogen) atoms. The summed E-state index contributed by atoms with van der Waals surface area (Å²) in [6, 6.07) is 9.74. The number of pyridine rings is 1. The number of benzene rings is 1. The molecule has 0 unspecified atom stereocenters. The maximum Gasteiger partial charge on any atom is 0.147 e. The van der Waals surface area contributed by atoms with E-state index >= 15 is 0 Å². The van der Waals surface area contributed by atoms with Gasteiger partial charge in [-0.2, -0.15) is 0 Å². The van der Waals surface area contributed by atoms with Crippen LogP contribution in [-0.4, -0.2) is 4.98 Å². The van der Waals surface area contributed by atoms with E-state index in [2.05, 4.69) is 4.98 Å². The van der Waals surface area contributed by atoms with Crippen molar-refractivity contribution in [2.45, 2.75) is 9.92 Å². The Morgan fingerprint density at radius 3 is 2.62 bits per heavy atom. The Morgan fingerprint density at radius 2 is 1.94 bits per heavy atom. The highest BCUT2D eigenvalue weighted by Crippen LogP contribution is 2.28. The minimum absolute atomic E-state index is 0.270. The van der Waals surface area contributed by atoms with Gasteiger partial charge in [0.25, 0.3) is 0 Å². The van der Waals surface area contributed by atoms with Gasteiger partial charge < -0.3 is 11.5 Å². The van der Waals surface area contributed by atoms with E-state index in [4.69, 9.17) is 11.5 Å². The fourth-order valence-electron chi connectivity index (χ4n) is 1.18. The lowest BCUT2D eigenvalue weighted by atomic mass is 10.4. The van der Waals surface area contributed by atoms with E-state index in [9.17, 15) is 4.39 Å². The lowest BCUT2D eigenvalue weighted by molar-refractivity contribution is 0.624. The molecular formula is C11H10FN3S. The second-order valence-corrected chi connectivity index (χ2v) is 4.28. The molecule has 2 aromatic rings. The molecule has 2 rings (SSSR count). The lowest BCUT2D eigenvalue weighted by Gasteiger charge is -2.03. The molecule has 1 aromatic carbocycles. The zero-order chi connectivity index (χ0) is 11.5. The average Bonchev–Trinajstić information content (AvgIpc) is 2.24. The number of hydrogen-bond acceptors (Lipinski definition) is 4. The Kier molecular flexibility index (Phi) is 2.96. The van der Waals surface area contributed by atoms with Gasteiger partial charge in [-0.05, 0) is 30.3 Å². The summed E-state index contributed by atoms with van der Waals surface area (Å²) in [5.41, 5.74) is 11.6. The first kappa shape index (κ1) is 10.8. The van der Waals surface area contributed by atoms with Crippen LogP contribution in [0.3, 0.4) is 0 Å². The molecule has 0 aliphatic rings. The van der Waals surface area contributed by atoms with Crippen LogP contribution >= 0.6 is 11.8 Å². The fraction of sp³-hybridized carbons (Fsp3) is 0. The quantitative estimate of drug-likeness (QED) is 0.839. The molecule has 0 aliphatic carbocycles. The van der Waals surface area contributed by atoms with Crippen LogP contribution in [0.15, 0.2) is 46.3 Å². The van der Waals surface area contributed by atoms with Gasteiger partial charge in [-0.1, -0.05) is 17.8 Å². The number of nitrogens with zero attached hydrogens (tertiary/aromatic N) is 1. The Bertz CT molecular complexity index is 516. The largest absolute Gasteiger partial charge is 0.396 e. The molecule has 0 aliphatic heterocycles. The molecule has 3 nitrogen and oxygen atoms in total. The van der Waals surface area contributed by atoms with Crippen LogP contribution in [-0.2, 0) is 0 Å². The number of hydrogen-bond donors (Lipinski definition) is 2. The number of anilines is 2. The smallest absolute Gasteiger partial charge is 0.147 e. The van der Waals surface area contributed by atoms with Crippen molar-refractivity contribution in [1.29, 1.82) is 0 Å². The minimum Gasteiger partial charge on any atom is -0.396 e. The summed E-state index contributed by atoms with van der Waals surface area (Å²) in [6.45, 7) is 0. The van der Waals surface area contributed by atoms with E-state index < -0.39 is 0 Å². The predicted molar refractivity (Wildman–Crippen MR) is 63.6 cm³/mol. The highest BCUT2D eigenvalue weighted by Gasteiger charge is 2.02. The Labute approximate surface area is 96.7 Å². The molecule has 0 radical (unpaired) electrons. The molecule has 0 spiro atoms. The van der Waals surface area contributed by atoms with Crippen LogP contribution in [0.4, 0.5) is 15.9 Å². The van der Waals surface area contributed by atoms with E-state index in [0.717, 1.165) is 4.90 Å². The third-order valence-corrected chi connectivity index (χ3v) is 2.88. The van der Waals surface area contributed by atoms with E-state index in [-0.39, 0.29) is 5.82 Å². The SMILES string of the molecule is Nc1ccc(Sc2cccc(F)c2)nc1N. The third kappa shape index (κ3) is 2.43.